The SMILES string of the molecule is Nc1ncc(-c2ccccc2OC(F)(F)F)cc1C(F)(F)F. The van der Waals surface area contributed by atoms with Crippen molar-refractivity contribution in [2.45, 2.75) is 12.5 Å². The molecule has 0 unspecified atom stereocenters. The van der Waals surface area contributed by atoms with E-state index in [-0.39, 0.29) is 11.1 Å². The first-order valence-corrected chi connectivity index (χ1v) is 5.76. The van der Waals surface area contributed by atoms with E-state index in [2.05, 4.69) is 9.72 Å². The van der Waals surface area contributed by atoms with Gasteiger partial charge in [-0.2, -0.15) is 13.2 Å². The molecule has 118 valence electrons. The number of hydrogen-bond donors (Lipinski definition) is 1. The van der Waals surface area contributed by atoms with E-state index in [1.54, 1.807) is 0 Å². The summed E-state index contributed by atoms with van der Waals surface area (Å²) >= 11 is 0. The number of para-hydroxylation sites is 1. The number of ether oxygens (including phenoxy) is 1. The van der Waals surface area contributed by atoms with Crippen LogP contribution in [0, 0.1) is 0 Å². The van der Waals surface area contributed by atoms with Gasteiger partial charge in [-0.3, -0.25) is 0 Å². The third kappa shape index (κ3) is 3.60. The first-order chi connectivity index (χ1) is 10.1. The zero-order chi connectivity index (χ0) is 16.5. The molecule has 2 N–H and O–H groups in total. The monoisotopic (exact) mass is 322 g/mol. The number of nitrogen functional groups attached to an aromatic ring is 1. The Morgan fingerprint density at radius 3 is 2.23 bits per heavy atom. The minimum Gasteiger partial charge on any atom is -0.405 e. The number of hydrogen-bond acceptors (Lipinski definition) is 3. The molecule has 1 aromatic carbocycles. The van der Waals surface area contributed by atoms with E-state index < -0.39 is 29.7 Å². The number of alkyl halides is 6. The number of aromatic nitrogens is 1. The topological polar surface area (TPSA) is 48.1 Å². The fourth-order valence-corrected chi connectivity index (χ4v) is 1.77. The molecule has 0 radical (unpaired) electrons. The van der Waals surface area contributed by atoms with Gasteiger partial charge >= 0.3 is 12.5 Å². The third-order valence-corrected chi connectivity index (χ3v) is 2.65. The molecular weight excluding hydrogens is 314 g/mol. The van der Waals surface area contributed by atoms with Crippen molar-refractivity contribution in [3.63, 3.8) is 0 Å². The Morgan fingerprint density at radius 2 is 1.64 bits per heavy atom. The van der Waals surface area contributed by atoms with Crippen molar-refractivity contribution in [3.05, 3.63) is 42.1 Å². The Hall–Kier alpha value is -2.45. The summed E-state index contributed by atoms with van der Waals surface area (Å²) in [5, 5.41) is 0. The highest BCUT2D eigenvalue weighted by Crippen LogP contribution is 2.38. The van der Waals surface area contributed by atoms with Gasteiger partial charge in [0, 0.05) is 17.3 Å². The van der Waals surface area contributed by atoms with E-state index in [0.717, 1.165) is 12.3 Å². The van der Waals surface area contributed by atoms with Gasteiger partial charge in [0.2, 0.25) is 0 Å². The average Bonchev–Trinajstić information content (AvgIpc) is 2.37. The first-order valence-electron chi connectivity index (χ1n) is 5.76. The van der Waals surface area contributed by atoms with Crippen molar-refractivity contribution in [2.24, 2.45) is 0 Å². The normalized spacial score (nSPS) is 12.3. The Bertz CT molecular complexity index is 681. The summed E-state index contributed by atoms with van der Waals surface area (Å²) in [5.41, 5.74) is 3.55. The predicted octanol–water partition coefficient (Wildman–Crippen LogP) is 4.25. The molecule has 0 aliphatic heterocycles. The van der Waals surface area contributed by atoms with Crippen molar-refractivity contribution >= 4 is 5.82 Å². The standard InChI is InChI=1S/C13H8F6N2O/c14-12(15,16)9-5-7(6-21-11(9)20)8-3-1-2-4-10(8)22-13(17,18)19/h1-6H,(H2,20,21). The Balaban J connectivity index is 2.54. The third-order valence-electron chi connectivity index (χ3n) is 2.65. The number of benzene rings is 1. The predicted molar refractivity (Wildman–Crippen MR) is 65.8 cm³/mol. The van der Waals surface area contributed by atoms with Gasteiger partial charge in [-0.05, 0) is 12.1 Å². The van der Waals surface area contributed by atoms with Crippen LogP contribution >= 0.6 is 0 Å². The second-order valence-corrected chi connectivity index (χ2v) is 4.20. The minimum atomic E-state index is -4.97. The fraction of sp³-hybridized carbons (Fsp3) is 0.154. The summed E-state index contributed by atoms with van der Waals surface area (Å²) in [6, 6.07) is 5.43. The second-order valence-electron chi connectivity index (χ2n) is 4.20. The quantitative estimate of drug-likeness (QED) is 0.841. The van der Waals surface area contributed by atoms with Crippen LogP contribution in [0.25, 0.3) is 11.1 Å². The molecule has 1 aromatic heterocycles. The molecule has 0 spiro atoms. The smallest absolute Gasteiger partial charge is 0.405 e. The highest BCUT2D eigenvalue weighted by molar-refractivity contribution is 5.71. The summed E-state index contributed by atoms with van der Waals surface area (Å²) in [5.74, 6) is -1.39. The van der Waals surface area contributed by atoms with E-state index in [1.807, 2.05) is 0 Å². The first kappa shape index (κ1) is 15.9. The molecule has 0 fully saturated rings. The number of pyridine rings is 1. The lowest BCUT2D eigenvalue weighted by Gasteiger charge is -2.15. The van der Waals surface area contributed by atoms with Crippen LogP contribution in [0.3, 0.4) is 0 Å². The lowest BCUT2D eigenvalue weighted by molar-refractivity contribution is -0.274. The van der Waals surface area contributed by atoms with Crippen LogP contribution in [0.15, 0.2) is 36.5 Å². The van der Waals surface area contributed by atoms with Crippen LogP contribution in [0.1, 0.15) is 5.56 Å². The number of nitrogens with two attached hydrogens (primary N) is 1. The molecule has 3 nitrogen and oxygen atoms in total. The molecule has 1 heterocycles. The van der Waals surface area contributed by atoms with Crippen molar-refractivity contribution in [2.75, 3.05) is 5.73 Å². The highest BCUT2D eigenvalue weighted by Gasteiger charge is 2.35. The highest BCUT2D eigenvalue weighted by atomic mass is 19.4. The molecule has 2 rings (SSSR count). The van der Waals surface area contributed by atoms with E-state index in [1.165, 1.54) is 18.2 Å². The van der Waals surface area contributed by atoms with Gasteiger partial charge in [-0.15, -0.1) is 13.2 Å². The summed E-state index contributed by atoms with van der Waals surface area (Å²) in [4.78, 5) is 3.38. The molecule has 0 saturated carbocycles. The molecule has 0 aliphatic carbocycles. The fourth-order valence-electron chi connectivity index (χ4n) is 1.77. The zero-order valence-electron chi connectivity index (χ0n) is 10.7. The van der Waals surface area contributed by atoms with Crippen molar-refractivity contribution in [1.82, 2.24) is 4.98 Å². The molecule has 0 aliphatic rings. The molecule has 22 heavy (non-hydrogen) atoms. The summed E-state index contributed by atoms with van der Waals surface area (Å²) in [7, 11) is 0. The van der Waals surface area contributed by atoms with E-state index in [9.17, 15) is 26.3 Å². The number of halogens is 6. The van der Waals surface area contributed by atoms with Crippen molar-refractivity contribution in [1.29, 1.82) is 0 Å². The molecule has 0 bridgehead atoms. The van der Waals surface area contributed by atoms with Crippen LogP contribution in [0.2, 0.25) is 0 Å². The largest absolute Gasteiger partial charge is 0.573 e. The van der Waals surface area contributed by atoms with Gasteiger partial charge in [-0.25, -0.2) is 4.98 Å². The number of nitrogens with zero attached hydrogens (tertiary/aromatic N) is 1. The Morgan fingerprint density at radius 1 is 1.00 bits per heavy atom. The summed E-state index contributed by atoms with van der Waals surface area (Å²) in [6.45, 7) is 0. The molecule has 0 amide bonds. The molecule has 0 atom stereocenters. The van der Waals surface area contributed by atoms with Crippen LogP contribution < -0.4 is 10.5 Å². The lowest BCUT2D eigenvalue weighted by atomic mass is 10.0. The van der Waals surface area contributed by atoms with Gasteiger partial charge in [-0.1, -0.05) is 18.2 Å². The van der Waals surface area contributed by atoms with Crippen LogP contribution in [0.5, 0.6) is 5.75 Å². The maximum absolute atomic E-state index is 12.8. The van der Waals surface area contributed by atoms with Crippen LogP contribution in [-0.2, 0) is 6.18 Å². The maximum Gasteiger partial charge on any atom is 0.573 e. The van der Waals surface area contributed by atoms with Crippen molar-refractivity contribution in [3.8, 4) is 16.9 Å². The average molecular weight is 322 g/mol. The van der Waals surface area contributed by atoms with Gasteiger partial charge in [0.1, 0.15) is 11.6 Å². The molecular formula is C13H8F6N2O. The molecule has 9 heteroatoms. The minimum absolute atomic E-state index is 0.183. The van der Waals surface area contributed by atoms with Crippen molar-refractivity contribution < 1.29 is 31.1 Å². The van der Waals surface area contributed by atoms with Gasteiger partial charge in [0.05, 0.1) is 5.56 Å². The van der Waals surface area contributed by atoms with E-state index in [4.69, 9.17) is 5.73 Å². The maximum atomic E-state index is 12.8. The van der Waals surface area contributed by atoms with Gasteiger partial charge < -0.3 is 10.5 Å². The van der Waals surface area contributed by atoms with Gasteiger partial charge in [0.15, 0.2) is 0 Å². The Labute approximate surface area is 120 Å². The molecule has 2 aromatic rings. The van der Waals surface area contributed by atoms with Crippen LogP contribution in [0.4, 0.5) is 32.2 Å². The number of anilines is 1. The lowest BCUT2D eigenvalue weighted by Crippen LogP contribution is -2.17. The Kier molecular flexibility index (Phi) is 3.90. The molecule has 0 saturated heterocycles. The number of rotatable bonds is 2. The van der Waals surface area contributed by atoms with Crippen LogP contribution in [-0.4, -0.2) is 11.3 Å². The van der Waals surface area contributed by atoms with Gasteiger partial charge in [0.25, 0.3) is 0 Å². The zero-order valence-corrected chi connectivity index (χ0v) is 10.7. The second kappa shape index (κ2) is 5.39. The summed E-state index contributed by atoms with van der Waals surface area (Å²) < 4.78 is 79.2. The van der Waals surface area contributed by atoms with E-state index in [0.29, 0.717) is 6.07 Å². The van der Waals surface area contributed by atoms with E-state index >= 15 is 0 Å². The summed E-state index contributed by atoms with van der Waals surface area (Å²) in [6.07, 6.45) is -8.79.